The van der Waals surface area contributed by atoms with E-state index in [9.17, 15) is 14.7 Å². The Morgan fingerprint density at radius 2 is 2.13 bits per heavy atom. The minimum absolute atomic E-state index is 0.163. The second-order valence-corrected chi connectivity index (χ2v) is 6.79. The largest absolute Gasteiger partial charge is 0.507 e. The lowest BCUT2D eigenvalue weighted by Crippen LogP contribution is -2.33. The van der Waals surface area contributed by atoms with Gasteiger partial charge in [0.05, 0.1) is 0 Å². The number of fused-ring (bicyclic) bond motifs is 1. The van der Waals surface area contributed by atoms with Crippen molar-refractivity contribution in [1.82, 2.24) is 14.8 Å². The molecule has 2 aromatic rings. The number of carbonyl (C=O) groups excluding carboxylic acids is 1. The molecule has 8 heteroatoms. The molecule has 2 heterocycles. The fraction of sp³-hybridized carbons (Fsp3) is 0.467. The van der Waals surface area contributed by atoms with Crippen molar-refractivity contribution >= 4 is 22.4 Å². The second kappa shape index (κ2) is 5.45. The van der Waals surface area contributed by atoms with Crippen LogP contribution in [0.15, 0.2) is 10.3 Å². The predicted molar refractivity (Wildman–Crippen MR) is 85.1 cm³/mol. The summed E-state index contributed by atoms with van der Waals surface area (Å²) >= 11 is 1.16. The number of aromatic hydroxyl groups is 1. The third-order valence-corrected chi connectivity index (χ3v) is 5.01. The summed E-state index contributed by atoms with van der Waals surface area (Å²) in [6.45, 7) is 0. The molecule has 1 saturated carbocycles. The number of nitrogens with one attached hydrogen (secondary N) is 1. The maximum atomic E-state index is 12.8. The number of amides is 1. The summed E-state index contributed by atoms with van der Waals surface area (Å²) in [6.07, 6.45) is 5.36. The van der Waals surface area contributed by atoms with E-state index >= 15 is 0 Å². The quantitative estimate of drug-likeness (QED) is 0.894. The zero-order valence-electron chi connectivity index (χ0n) is 12.4. The van der Waals surface area contributed by atoms with Gasteiger partial charge in [0.15, 0.2) is 0 Å². The normalized spacial score (nSPS) is 16.9. The highest BCUT2D eigenvalue weighted by Crippen LogP contribution is 2.39. The van der Waals surface area contributed by atoms with Crippen LogP contribution in [0.2, 0.25) is 0 Å². The van der Waals surface area contributed by atoms with Crippen molar-refractivity contribution in [2.24, 2.45) is 0 Å². The second-order valence-electron chi connectivity index (χ2n) is 5.96. The van der Waals surface area contributed by atoms with E-state index in [1.54, 1.807) is 4.57 Å². The van der Waals surface area contributed by atoms with Crippen LogP contribution in [-0.4, -0.2) is 25.8 Å². The zero-order chi connectivity index (χ0) is 16.0. The molecule has 0 saturated heterocycles. The fourth-order valence-corrected chi connectivity index (χ4v) is 3.66. The van der Waals surface area contributed by atoms with Crippen LogP contribution in [0.25, 0.3) is 0 Å². The first-order valence-electron chi connectivity index (χ1n) is 7.73. The van der Waals surface area contributed by atoms with Crippen molar-refractivity contribution in [3.8, 4) is 5.75 Å². The van der Waals surface area contributed by atoms with E-state index in [1.807, 2.05) is 0 Å². The van der Waals surface area contributed by atoms with Gasteiger partial charge in [-0.1, -0.05) is 11.3 Å². The van der Waals surface area contributed by atoms with Gasteiger partial charge < -0.3 is 9.67 Å². The van der Waals surface area contributed by atoms with Gasteiger partial charge in [-0.2, -0.15) is 0 Å². The molecule has 0 unspecified atom stereocenters. The molecule has 2 aliphatic carbocycles. The minimum atomic E-state index is -0.618. The predicted octanol–water partition coefficient (Wildman–Crippen LogP) is 1.87. The Hall–Kier alpha value is -2.22. The highest BCUT2D eigenvalue weighted by molar-refractivity contribution is 7.13. The van der Waals surface area contributed by atoms with Crippen molar-refractivity contribution in [1.29, 1.82) is 0 Å². The molecule has 1 amide bonds. The third kappa shape index (κ3) is 2.42. The summed E-state index contributed by atoms with van der Waals surface area (Å²) in [4.78, 5) is 25.3. The molecular weight excluding hydrogens is 316 g/mol. The van der Waals surface area contributed by atoms with Crippen LogP contribution in [0.1, 0.15) is 53.3 Å². The molecule has 0 aliphatic heterocycles. The summed E-state index contributed by atoms with van der Waals surface area (Å²) in [6, 6.07) is 0.169. The standard InChI is InChI=1S/C15H16N4O3S/c20-12-9-3-1-2-4-10(9)19(8-5-6-8)14(22)11(12)13(21)17-15-18-16-7-23-15/h7-8,20H,1-6H2,(H,17,18,21). The number of nitrogens with zero attached hydrogens (tertiary/aromatic N) is 3. The van der Waals surface area contributed by atoms with Crippen LogP contribution in [0.5, 0.6) is 5.75 Å². The average molecular weight is 332 g/mol. The molecule has 2 aliphatic rings. The SMILES string of the molecule is O=C(Nc1nncs1)c1c(O)c2c(n(C3CC3)c1=O)CCCC2. The highest BCUT2D eigenvalue weighted by Gasteiger charge is 2.34. The number of carbonyl (C=O) groups is 1. The van der Waals surface area contributed by atoms with Gasteiger partial charge in [0.1, 0.15) is 16.8 Å². The zero-order valence-corrected chi connectivity index (χ0v) is 13.2. The highest BCUT2D eigenvalue weighted by atomic mass is 32.1. The smallest absolute Gasteiger partial charge is 0.267 e. The fourth-order valence-electron chi connectivity index (χ4n) is 3.22. The molecule has 1 fully saturated rings. The summed E-state index contributed by atoms with van der Waals surface area (Å²) < 4.78 is 1.74. The summed E-state index contributed by atoms with van der Waals surface area (Å²) in [5.41, 5.74) is 2.59. The Morgan fingerprint density at radius 1 is 1.35 bits per heavy atom. The van der Waals surface area contributed by atoms with Crippen LogP contribution in [0.4, 0.5) is 5.13 Å². The van der Waals surface area contributed by atoms with E-state index in [-0.39, 0.29) is 17.4 Å². The summed E-state index contributed by atoms with van der Waals surface area (Å²) in [5.74, 6) is -0.782. The van der Waals surface area contributed by atoms with E-state index in [0.29, 0.717) is 11.6 Å². The molecule has 0 aromatic carbocycles. The molecule has 7 nitrogen and oxygen atoms in total. The van der Waals surface area contributed by atoms with E-state index in [1.165, 1.54) is 5.51 Å². The van der Waals surface area contributed by atoms with E-state index in [4.69, 9.17) is 0 Å². The number of hydrogen-bond acceptors (Lipinski definition) is 6. The Kier molecular flexibility index (Phi) is 3.41. The van der Waals surface area contributed by atoms with Crippen molar-refractivity contribution in [2.45, 2.75) is 44.6 Å². The molecule has 0 spiro atoms. The monoisotopic (exact) mass is 332 g/mol. The van der Waals surface area contributed by atoms with Crippen LogP contribution in [0, 0.1) is 0 Å². The first kappa shape index (κ1) is 14.4. The van der Waals surface area contributed by atoms with Crippen molar-refractivity contribution in [2.75, 3.05) is 5.32 Å². The maximum Gasteiger partial charge on any atom is 0.267 e. The van der Waals surface area contributed by atoms with E-state index < -0.39 is 11.5 Å². The Balaban J connectivity index is 1.84. The van der Waals surface area contributed by atoms with Crippen molar-refractivity contribution in [3.05, 3.63) is 32.7 Å². The lowest BCUT2D eigenvalue weighted by atomic mass is 9.93. The van der Waals surface area contributed by atoms with Crippen LogP contribution in [-0.2, 0) is 12.8 Å². The molecule has 0 bridgehead atoms. The summed E-state index contributed by atoms with van der Waals surface area (Å²) in [5, 5.41) is 20.8. The van der Waals surface area contributed by atoms with Gasteiger partial charge in [0, 0.05) is 17.3 Å². The molecule has 0 radical (unpaired) electrons. The van der Waals surface area contributed by atoms with E-state index in [2.05, 4.69) is 15.5 Å². The molecule has 2 aromatic heterocycles. The first-order valence-corrected chi connectivity index (χ1v) is 8.61. The third-order valence-electron chi connectivity index (χ3n) is 4.40. The maximum absolute atomic E-state index is 12.8. The lowest BCUT2D eigenvalue weighted by Gasteiger charge is -2.23. The molecule has 0 atom stereocenters. The lowest BCUT2D eigenvalue weighted by molar-refractivity contribution is 0.102. The first-order chi connectivity index (χ1) is 11.2. The van der Waals surface area contributed by atoms with Crippen molar-refractivity contribution < 1.29 is 9.90 Å². The average Bonchev–Trinajstić information content (AvgIpc) is 3.24. The van der Waals surface area contributed by atoms with Gasteiger partial charge in [-0.15, -0.1) is 10.2 Å². The Morgan fingerprint density at radius 3 is 2.83 bits per heavy atom. The molecule has 4 rings (SSSR count). The van der Waals surface area contributed by atoms with Crippen LogP contribution < -0.4 is 10.9 Å². The van der Waals surface area contributed by atoms with Gasteiger partial charge in [-0.05, 0) is 38.5 Å². The van der Waals surface area contributed by atoms with Gasteiger partial charge in [0.2, 0.25) is 5.13 Å². The van der Waals surface area contributed by atoms with Crippen LogP contribution >= 0.6 is 11.3 Å². The Bertz CT molecular complexity index is 824. The number of pyridine rings is 1. The van der Waals surface area contributed by atoms with Crippen LogP contribution in [0.3, 0.4) is 0 Å². The van der Waals surface area contributed by atoms with Gasteiger partial charge >= 0.3 is 0 Å². The van der Waals surface area contributed by atoms with Gasteiger partial charge in [-0.25, -0.2) is 0 Å². The molecule has 23 heavy (non-hydrogen) atoms. The molecule has 2 N–H and O–H groups in total. The number of anilines is 1. The molecular formula is C15H16N4O3S. The van der Waals surface area contributed by atoms with Gasteiger partial charge in [-0.3, -0.25) is 14.9 Å². The van der Waals surface area contributed by atoms with Crippen molar-refractivity contribution in [3.63, 3.8) is 0 Å². The Labute approximate surface area is 136 Å². The molecule has 120 valence electrons. The topological polar surface area (TPSA) is 97.1 Å². The number of rotatable bonds is 3. The number of aromatic nitrogens is 3. The summed E-state index contributed by atoms with van der Waals surface area (Å²) in [7, 11) is 0. The number of hydrogen-bond donors (Lipinski definition) is 2. The van der Waals surface area contributed by atoms with Gasteiger partial charge in [0.25, 0.3) is 11.5 Å². The van der Waals surface area contributed by atoms with E-state index in [0.717, 1.165) is 54.7 Å². The minimum Gasteiger partial charge on any atom is -0.507 e.